The van der Waals surface area contributed by atoms with Gasteiger partial charge in [0.25, 0.3) is 0 Å². The van der Waals surface area contributed by atoms with E-state index in [0.717, 1.165) is 38.9 Å². The molecule has 6 heteroatoms. The molecular weight excluding hydrogens is 431 g/mol. The second kappa shape index (κ2) is 9.51. The fourth-order valence-electron chi connectivity index (χ4n) is 5.44. The largest absolute Gasteiger partial charge is 0.465 e. The van der Waals surface area contributed by atoms with Crippen LogP contribution < -0.4 is 0 Å². The van der Waals surface area contributed by atoms with Crippen LogP contribution in [0, 0.1) is 12.8 Å². The van der Waals surface area contributed by atoms with Crippen molar-refractivity contribution in [1.29, 1.82) is 0 Å². The smallest absolute Gasteiger partial charge is 0.337 e. The molecule has 3 heterocycles. The van der Waals surface area contributed by atoms with E-state index in [-0.39, 0.29) is 19.2 Å². The van der Waals surface area contributed by atoms with Crippen LogP contribution in [0.15, 0.2) is 48.5 Å². The zero-order valence-corrected chi connectivity index (χ0v) is 20.1. The first kappa shape index (κ1) is 23.1. The van der Waals surface area contributed by atoms with Crippen molar-refractivity contribution in [3.8, 4) is 0 Å². The molecule has 3 aromatic rings. The number of halogens is 1. The first-order valence-electron chi connectivity index (χ1n) is 12.2. The number of aromatic nitrogens is 1. The Bertz CT molecular complexity index is 1160. The highest BCUT2D eigenvalue weighted by atomic mass is 19.1. The standard InChI is InChI=1S/C28H33FN2O3/c1-20-25(15-21-7-9-23(10-8-21)27(32)33-2)24-5-3-4-6-26(24)31(20)16-22-11-13-30(14-12-22)17-28(29)18-34-19-28/h3-10,22H,11-19H2,1-2H3. The maximum absolute atomic E-state index is 14.4. The average Bonchev–Trinajstić information content (AvgIpc) is 3.10. The van der Waals surface area contributed by atoms with Crippen LogP contribution in [0.2, 0.25) is 0 Å². The normalized spacial score (nSPS) is 18.7. The van der Waals surface area contributed by atoms with Crippen molar-refractivity contribution >= 4 is 16.9 Å². The van der Waals surface area contributed by atoms with Crippen molar-refractivity contribution in [1.82, 2.24) is 9.47 Å². The van der Waals surface area contributed by atoms with E-state index in [2.05, 4.69) is 40.7 Å². The summed E-state index contributed by atoms with van der Waals surface area (Å²) >= 11 is 0. The first-order chi connectivity index (χ1) is 16.5. The van der Waals surface area contributed by atoms with Crippen molar-refractivity contribution in [2.45, 2.75) is 38.4 Å². The molecule has 5 nitrogen and oxygen atoms in total. The molecule has 0 N–H and O–H groups in total. The lowest BCUT2D eigenvalue weighted by molar-refractivity contribution is -0.143. The number of carbonyl (C=O) groups is 1. The van der Waals surface area contributed by atoms with Gasteiger partial charge in [-0.15, -0.1) is 0 Å². The van der Waals surface area contributed by atoms with Crippen LogP contribution >= 0.6 is 0 Å². The molecule has 0 spiro atoms. The van der Waals surface area contributed by atoms with E-state index < -0.39 is 5.67 Å². The molecular formula is C28H33FN2O3. The Labute approximate surface area is 200 Å². The van der Waals surface area contributed by atoms with Crippen LogP contribution in [0.1, 0.15) is 40.0 Å². The molecule has 0 amide bonds. The number of ether oxygens (including phenoxy) is 2. The van der Waals surface area contributed by atoms with Gasteiger partial charge in [0.15, 0.2) is 5.67 Å². The van der Waals surface area contributed by atoms with E-state index in [1.54, 1.807) is 0 Å². The van der Waals surface area contributed by atoms with Gasteiger partial charge < -0.3 is 14.0 Å². The molecule has 2 aliphatic rings. The summed E-state index contributed by atoms with van der Waals surface area (Å²) in [4.78, 5) is 14.0. The Morgan fingerprint density at radius 2 is 1.82 bits per heavy atom. The SMILES string of the molecule is COC(=O)c1ccc(Cc2c(C)n(CC3CCN(CC4(F)COC4)CC3)c3ccccc23)cc1. The number of methoxy groups -OCH3 is 1. The number of piperidine rings is 1. The van der Waals surface area contributed by atoms with Crippen LogP contribution in [0.4, 0.5) is 4.39 Å². The summed E-state index contributed by atoms with van der Waals surface area (Å²) in [6.07, 6.45) is 3.00. The average molecular weight is 465 g/mol. The maximum Gasteiger partial charge on any atom is 0.337 e. The Balaban J connectivity index is 1.31. The molecule has 2 saturated heterocycles. The van der Waals surface area contributed by atoms with Gasteiger partial charge in [-0.25, -0.2) is 9.18 Å². The van der Waals surface area contributed by atoms with Crippen molar-refractivity contribution in [3.05, 3.63) is 70.9 Å². The summed E-state index contributed by atoms with van der Waals surface area (Å²) < 4.78 is 26.8. The van der Waals surface area contributed by atoms with E-state index in [1.807, 2.05) is 24.3 Å². The predicted octanol–water partition coefficient (Wildman–Crippen LogP) is 4.78. The number of para-hydroxylation sites is 1. The van der Waals surface area contributed by atoms with Gasteiger partial charge in [0.1, 0.15) is 0 Å². The third-order valence-corrected chi connectivity index (χ3v) is 7.49. The summed E-state index contributed by atoms with van der Waals surface area (Å²) in [5, 5.41) is 1.29. The van der Waals surface area contributed by atoms with Gasteiger partial charge in [0.2, 0.25) is 0 Å². The van der Waals surface area contributed by atoms with Gasteiger partial charge in [0.05, 0.1) is 25.9 Å². The highest BCUT2D eigenvalue weighted by Gasteiger charge is 2.40. The van der Waals surface area contributed by atoms with Crippen LogP contribution in [-0.2, 0) is 22.4 Å². The van der Waals surface area contributed by atoms with Gasteiger partial charge >= 0.3 is 5.97 Å². The molecule has 2 fully saturated rings. The summed E-state index contributed by atoms with van der Waals surface area (Å²) in [7, 11) is 1.40. The number of nitrogens with zero attached hydrogens (tertiary/aromatic N) is 2. The van der Waals surface area contributed by atoms with Crippen LogP contribution in [0.3, 0.4) is 0 Å². The van der Waals surface area contributed by atoms with E-state index in [1.165, 1.54) is 34.8 Å². The minimum absolute atomic E-state index is 0.246. The second-order valence-electron chi connectivity index (χ2n) is 9.92. The second-order valence-corrected chi connectivity index (χ2v) is 9.92. The molecule has 180 valence electrons. The van der Waals surface area contributed by atoms with Crippen molar-refractivity contribution < 1.29 is 18.7 Å². The van der Waals surface area contributed by atoms with Gasteiger partial charge in [0, 0.05) is 29.7 Å². The number of hydrogen-bond donors (Lipinski definition) is 0. The fourth-order valence-corrected chi connectivity index (χ4v) is 5.44. The molecule has 0 saturated carbocycles. The lowest BCUT2D eigenvalue weighted by atomic mass is 9.94. The lowest BCUT2D eigenvalue weighted by Crippen LogP contribution is -2.55. The molecule has 0 unspecified atom stereocenters. The van der Waals surface area contributed by atoms with Crippen LogP contribution in [-0.4, -0.2) is 61.1 Å². The Morgan fingerprint density at radius 1 is 1.12 bits per heavy atom. The molecule has 5 rings (SSSR count). The zero-order valence-electron chi connectivity index (χ0n) is 20.1. The van der Waals surface area contributed by atoms with Gasteiger partial charge in [-0.3, -0.25) is 4.90 Å². The number of hydrogen-bond acceptors (Lipinski definition) is 4. The number of benzene rings is 2. The molecule has 0 atom stereocenters. The molecule has 2 aromatic carbocycles. The third-order valence-electron chi connectivity index (χ3n) is 7.49. The van der Waals surface area contributed by atoms with Crippen molar-refractivity contribution in [2.75, 3.05) is 40.0 Å². The summed E-state index contributed by atoms with van der Waals surface area (Å²) in [5.41, 5.74) is 4.52. The number of fused-ring (bicyclic) bond motifs is 1. The number of carbonyl (C=O) groups excluding carboxylic acids is 1. The minimum atomic E-state index is -1.13. The van der Waals surface area contributed by atoms with Gasteiger partial charge in [-0.2, -0.15) is 0 Å². The highest BCUT2D eigenvalue weighted by Crippen LogP contribution is 2.31. The quantitative estimate of drug-likeness (QED) is 0.472. The summed E-state index contributed by atoms with van der Waals surface area (Å²) in [6, 6.07) is 16.3. The maximum atomic E-state index is 14.4. The van der Waals surface area contributed by atoms with Gasteiger partial charge in [-0.05, 0) is 74.5 Å². The van der Waals surface area contributed by atoms with E-state index in [4.69, 9.17) is 9.47 Å². The fraction of sp³-hybridized carbons (Fsp3) is 0.464. The summed E-state index contributed by atoms with van der Waals surface area (Å²) in [6.45, 7) is 6.11. The molecule has 1 aromatic heterocycles. The van der Waals surface area contributed by atoms with E-state index in [9.17, 15) is 9.18 Å². The lowest BCUT2D eigenvalue weighted by Gasteiger charge is -2.40. The van der Waals surface area contributed by atoms with Crippen molar-refractivity contribution in [3.63, 3.8) is 0 Å². The predicted molar refractivity (Wildman–Crippen MR) is 131 cm³/mol. The van der Waals surface area contributed by atoms with E-state index in [0.29, 0.717) is 18.0 Å². The van der Waals surface area contributed by atoms with Crippen LogP contribution in [0.25, 0.3) is 10.9 Å². The molecule has 0 bridgehead atoms. The summed E-state index contributed by atoms with van der Waals surface area (Å²) in [5.74, 6) is 0.277. The molecule has 2 aliphatic heterocycles. The van der Waals surface area contributed by atoms with Crippen LogP contribution in [0.5, 0.6) is 0 Å². The van der Waals surface area contributed by atoms with Crippen molar-refractivity contribution in [2.24, 2.45) is 5.92 Å². The minimum Gasteiger partial charge on any atom is -0.465 e. The van der Waals surface area contributed by atoms with Gasteiger partial charge in [-0.1, -0.05) is 30.3 Å². The first-order valence-corrected chi connectivity index (χ1v) is 12.2. The number of rotatable bonds is 7. The number of esters is 1. The molecule has 0 radical (unpaired) electrons. The Kier molecular flexibility index (Phi) is 6.45. The Hall–Kier alpha value is -2.70. The Morgan fingerprint density at radius 3 is 2.47 bits per heavy atom. The molecule has 34 heavy (non-hydrogen) atoms. The molecule has 0 aliphatic carbocycles. The van der Waals surface area contributed by atoms with E-state index >= 15 is 0 Å². The zero-order chi connectivity index (χ0) is 23.7. The monoisotopic (exact) mass is 464 g/mol. The number of alkyl halides is 1. The third kappa shape index (κ3) is 4.62. The topological polar surface area (TPSA) is 43.7 Å². The highest BCUT2D eigenvalue weighted by molar-refractivity contribution is 5.89. The number of likely N-dealkylation sites (tertiary alicyclic amines) is 1.